The van der Waals surface area contributed by atoms with Gasteiger partial charge in [-0.2, -0.15) is 4.31 Å². The molecule has 1 heterocycles. The third-order valence-electron chi connectivity index (χ3n) is 2.96. The maximum atomic E-state index is 13.6. The van der Waals surface area contributed by atoms with E-state index >= 15 is 0 Å². The molecule has 1 fully saturated rings. The van der Waals surface area contributed by atoms with Crippen molar-refractivity contribution < 1.29 is 12.8 Å². The molecule has 0 saturated carbocycles. The molecular weight excluding hydrogens is 243 g/mol. The lowest BCUT2D eigenvalue weighted by Gasteiger charge is -2.16. The Hall–Kier alpha value is -1.14. The molecule has 0 spiro atoms. The minimum Gasteiger partial charge on any atom is -0.399 e. The monoisotopic (exact) mass is 258 g/mol. The van der Waals surface area contributed by atoms with Gasteiger partial charge in [0.2, 0.25) is 10.0 Å². The molecule has 1 unspecified atom stereocenters. The van der Waals surface area contributed by atoms with Crippen LogP contribution in [0, 0.1) is 11.7 Å². The van der Waals surface area contributed by atoms with Crippen LogP contribution in [0.15, 0.2) is 23.1 Å². The number of benzene rings is 1. The maximum absolute atomic E-state index is 13.6. The van der Waals surface area contributed by atoms with Gasteiger partial charge in [0.25, 0.3) is 0 Å². The number of halogens is 1. The van der Waals surface area contributed by atoms with Crippen LogP contribution in [0.5, 0.6) is 0 Å². The van der Waals surface area contributed by atoms with Gasteiger partial charge in [0, 0.05) is 18.8 Å². The summed E-state index contributed by atoms with van der Waals surface area (Å²) in [5, 5.41) is 0. The van der Waals surface area contributed by atoms with E-state index in [4.69, 9.17) is 5.73 Å². The third-order valence-corrected chi connectivity index (χ3v) is 4.84. The standard InChI is InChI=1S/C11H15FN2O2S/c1-8-4-5-14(7-8)17(15,16)11-6-9(13)2-3-10(11)12/h2-3,6,8H,4-5,7,13H2,1H3. The van der Waals surface area contributed by atoms with Gasteiger partial charge in [-0.1, -0.05) is 6.92 Å². The zero-order valence-corrected chi connectivity index (χ0v) is 10.4. The Labute approximate surface area is 100 Å². The fraction of sp³-hybridized carbons (Fsp3) is 0.455. The van der Waals surface area contributed by atoms with Gasteiger partial charge in [-0.15, -0.1) is 0 Å². The first-order valence-electron chi connectivity index (χ1n) is 5.46. The number of nitrogens with zero attached hydrogens (tertiary/aromatic N) is 1. The molecule has 1 saturated heterocycles. The van der Waals surface area contributed by atoms with Gasteiger partial charge in [0.05, 0.1) is 0 Å². The molecule has 2 rings (SSSR count). The molecule has 1 aromatic carbocycles. The van der Waals surface area contributed by atoms with Crippen molar-refractivity contribution in [2.24, 2.45) is 5.92 Å². The van der Waals surface area contributed by atoms with Gasteiger partial charge in [-0.05, 0) is 30.5 Å². The smallest absolute Gasteiger partial charge is 0.246 e. The number of sulfonamides is 1. The highest BCUT2D eigenvalue weighted by Crippen LogP contribution is 2.26. The number of anilines is 1. The summed E-state index contributed by atoms with van der Waals surface area (Å²) in [7, 11) is -3.75. The first-order valence-corrected chi connectivity index (χ1v) is 6.90. The normalized spacial score (nSPS) is 21.9. The number of hydrogen-bond donors (Lipinski definition) is 1. The van der Waals surface area contributed by atoms with Crippen molar-refractivity contribution in [2.75, 3.05) is 18.8 Å². The highest BCUT2D eigenvalue weighted by atomic mass is 32.2. The minimum atomic E-state index is -3.75. The Kier molecular flexibility index (Phi) is 3.09. The summed E-state index contributed by atoms with van der Waals surface area (Å²) in [5.74, 6) is -0.437. The van der Waals surface area contributed by atoms with Crippen molar-refractivity contribution in [3.8, 4) is 0 Å². The Balaban J connectivity index is 2.41. The molecule has 94 valence electrons. The van der Waals surface area contributed by atoms with E-state index in [2.05, 4.69) is 0 Å². The van der Waals surface area contributed by atoms with Crippen LogP contribution in [0.4, 0.5) is 10.1 Å². The Morgan fingerprint density at radius 1 is 1.47 bits per heavy atom. The zero-order chi connectivity index (χ0) is 12.6. The summed E-state index contributed by atoms with van der Waals surface area (Å²) in [6, 6.07) is 3.61. The summed E-state index contributed by atoms with van der Waals surface area (Å²) in [4.78, 5) is -0.327. The van der Waals surface area contributed by atoms with Crippen molar-refractivity contribution in [3.63, 3.8) is 0 Å². The van der Waals surface area contributed by atoms with Gasteiger partial charge in [0.1, 0.15) is 10.7 Å². The van der Waals surface area contributed by atoms with Crippen LogP contribution in [0.2, 0.25) is 0 Å². The van der Waals surface area contributed by atoms with E-state index in [9.17, 15) is 12.8 Å². The SMILES string of the molecule is CC1CCN(S(=O)(=O)c2cc(N)ccc2F)C1. The van der Waals surface area contributed by atoms with Crippen LogP contribution >= 0.6 is 0 Å². The average Bonchev–Trinajstić information content (AvgIpc) is 2.69. The second-order valence-corrected chi connectivity index (χ2v) is 6.35. The summed E-state index contributed by atoms with van der Waals surface area (Å²) in [6.07, 6.45) is 0.809. The molecule has 6 heteroatoms. The zero-order valence-electron chi connectivity index (χ0n) is 9.56. The van der Waals surface area contributed by atoms with Crippen LogP contribution in [-0.4, -0.2) is 25.8 Å². The molecule has 4 nitrogen and oxygen atoms in total. The molecule has 1 aliphatic rings. The second-order valence-electron chi connectivity index (χ2n) is 4.45. The summed E-state index contributed by atoms with van der Waals surface area (Å²) >= 11 is 0. The van der Waals surface area contributed by atoms with E-state index in [0.29, 0.717) is 19.0 Å². The number of nitrogen functional groups attached to an aromatic ring is 1. The highest BCUT2D eigenvalue weighted by molar-refractivity contribution is 7.89. The van der Waals surface area contributed by atoms with E-state index < -0.39 is 15.8 Å². The fourth-order valence-corrected chi connectivity index (χ4v) is 3.64. The van der Waals surface area contributed by atoms with Crippen LogP contribution in [0.1, 0.15) is 13.3 Å². The molecule has 2 N–H and O–H groups in total. The number of nitrogens with two attached hydrogens (primary N) is 1. The minimum absolute atomic E-state index is 0.247. The third kappa shape index (κ3) is 2.28. The maximum Gasteiger partial charge on any atom is 0.246 e. The molecular formula is C11H15FN2O2S. The average molecular weight is 258 g/mol. The van der Waals surface area contributed by atoms with E-state index in [0.717, 1.165) is 12.5 Å². The van der Waals surface area contributed by atoms with E-state index in [1.165, 1.54) is 16.4 Å². The predicted octanol–water partition coefficient (Wildman–Crippen LogP) is 1.44. The molecule has 17 heavy (non-hydrogen) atoms. The van der Waals surface area contributed by atoms with Gasteiger partial charge < -0.3 is 5.73 Å². The quantitative estimate of drug-likeness (QED) is 0.816. The lowest BCUT2D eigenvalue weighted by atomic mass is 10.2. The Morgan fingerprint density at radius 3 is 2.76 bits per heavy atom. The van der Waals surface area contributed by atoms with Crippen molar-refractivity contribution in [1.29, 1.82) is 0 Å². The molecule has 0 amide bonds. The lowest BCUT2D eigenvalue weighted by molar-refractivity contribution is 0.458. The topological polar surface area (TPSA) is 63.4 Å². The lowest BCUT2D eigenvalue weighted by Crippen LogP contribution is -2.29. The van der Waals surface area contributed by atoms with Crippen molar-refractivity contribution in [1.82, 2.24) is 4.31 Å². The molecule has 1 atom stereocenters. The van der Waals surface area contributed by atoms with Gasteiger partial charge in [0.15, 0.2) is 0 Å². The van der Waals surface area contributed by atoms with Crippen molar-refractivity contribution in [3.05, 3.63) is 24.0 Å². The second kappa shape index (κ2) is 4.27. The largest absolute Gasteiger partial charge is 0.399 e. The number of hydrogen-bond acceptors (Lipinski definition) is 3. The highest BCUT2D eigenvalue weighted by Gasteiger charge is 2.32. The first kappa shape index (κ1) is 12.3. The molecule has 0 radical (unpaired) electrons. The van der Waals surface area contributed by atoms with Gasteiger partial charge in [-0.3, -0.25) is 0 Å². The summed E-state index contributed by atoms with van der Waals surface area (Å²) in [5.41, 5.74) is 5.75. The molecule has 1 aliphatic heterocycles. The van der Waals surface area contributed by atoms with E-state index in [1.807, 2.05) is 6.92 Å². The first-order chi connectivity index (χ1) is 7.91. The van der Waals surface area contributed by atoms with E-state index in [1.54, 1.807) is 0 Å². The molecule has 1 aromatic rings. The van der Waals surface area contributed by atoms with Crippen molar-refractivity contribution in [2.45, 2.75) is 18.2 Å². The van der Waals surface area contributed by atoms with Crippen LogP contribution < -0.4 is 5.73 Å². The molecule has 0 bridgehead atoms. The summed E-state index contributed by atoms with van der Waals surface area (Å²) in [6.45, 7) is 2.86. The van der Waals surface area contributed by atoms with Crippen LogP contribution in [0.25, 0.3) is 0 Å². The van der Waals surface area contributed by atoms with E-state index in [-0.39, 0.29) is 10.6 Å². The van der Waals surface area contributed by atoms with Gasteiger partial charge >= 0.3 is 0 Å². The number of rotatable bonds is 2. The Bertz CT molecular complexity index is 530. The van der Waals surface area contributed by atoms with Gasteiger partial charge in [-0.25, -0.2) is 12.8 Å². The molecule has 0 aliphatic carbocycles. The van der Waals surface area contributed by atoms with Crippen LogP contribution in [0.3, 0.4) is 0 Å². The Morgan fingerprint density at radius 2 is 2.18 bits per heavy atom. The van der Waals surface area contributed by atoms with Crippen molar-refractivity contribution >= 4 is 15.7 Å². The summed E-state index contributed by atoms with van der Waals surface area (Å²) < 4.78 is 39.2. The fourth-order valence-electron chi connectivity index (χ4n) is 1.97. The van der Waals surface area contributed by atoms with Crippen LogP contribution in [-0.2, 0) is 10.0 Å². The predicted molar refractivity (Wildman–Crippen MR) is 63.4 cm³/mol. The molecule has 0 aromatic heterocycles.